The van der Waals surface area contributed by atoms with E-state index in [0.717, 1.165) is 35.1 Å². The van der Waals surface area contributed by atoms with Gasteiger partial charge in [0.1, 0.15) is 36.8 Å². The van der Waals surface area contributed by atoms with E-state index in [1.165, 1.54) is 0 Å². The first-order valence-corrected chi connectivity index (χ1v) is 17.2. The van der Waals surface area contributed by atoms with Crippen molar-refractivity contribution in [3.8, 4) is 5.75 Å². The molecule has 4 atom stereocenters. The number of fused-ring (bicyclic) bond motifs is 6. The fraction of sp³-hybridized carbons (Fsp3) is 0.407. The van der Waals surface area contributed by atoms with Crippen molar-refractivity contribution in [2.24, 2.45) is 22.2 Å². The second kappa shape index (κ2) is 9.45. The molecule has 6 rings (SSSR count). The number of aliphatic hydroxyl groups excluding tert-OH is 1. The Bertz CT molecular complexity index is 1740. The van der Waals surface area contributed by atoms with E-state index in [1.54, 1.807) is 17.4 Å². The number of allylic oxidation sites excluding steroid dienone is 1. The molecule has 4 unspecified atom stereocenters. The van der Waals surface area contributed by atoms with Gasteiger partial charge in [-0.15, -0.1) is 15.7 Å². The van der Waals surface area contributed by atoms with Crippen molar-refractivity contribution < 1.29 is 31.5 Å². The number of amides is 1. The maximum absolute atomic E-state index is 14.1. The van der Waals surface area contributed by atoms with Gasteiger partial charge in [0.25, 0.3) is 15.9 Å². The normalized spacial score (nSPS) is 26.4. The van der Waals surface area contributed by atoms with Crippen molar-refractivity contribution in [1.29, 1.82) is 0 Å². The predicted molar refractivity (Wildman–Crippen MR) is 152 cm³/mol. The van der Waals surface area contributed by atoms with Crippen molar-refractivity contribution in [2.45, 2.75) is 37.2 Å². The second-order valence-electron chi connectivity index (χ2n) is 10.8. The maximum Gasteiger partial charge on any atom is 0.287 e. The number of anilines is 1. The van der Waals surface area contributed by atoms with Gasteiger partial charge in [-0.1, -0.05) is 18.2 Å². The number of methoxy groups -OCH3 is 1. The van der Waals surface area contributed by atoms with Crippen molar-refractivity contribution in [3.63, 3.8) is 0 Å². The first-order valence-electron chi connectivity index (χ1n) is 12.8. The monoisotopic (exact) mass is 603 g/mol. The number of rotatable bonds is 7. The smallest absolute Gasteiger partial charge is 0.287 e. The number of sulfonamides is 1. The van der Waals surface area contributed by atoms with Gasteiger partial charge in [-0.3, -0.25) is 4.79 Å². The summed E-state index contributed by atoms with van der Waals surface area (Å²) in [6.07, 6.45) is 6.08. The molecular weight excluding hydrogens is 575 g/mol. The van der Waals surface area contributed by atoms with E-state index in [0.29, 0.717) is 11.3 Å². The Morgan fingerprint density at radius 2 is 1.98 bits per heavy atom. The molecule has 0 spiro atoms. The summed E-state index contributed by atoms with van der Waals surface area (Å²) in [4.78, 5) is 15.8. The number of amidine groups is 1. The molecule has 1 aromatic heterocycles. The lowest BCUT2D eigenvalue weighted by atomic mass is 9.80. The van der Waals surface area contributed by atoms with Gasteiger partial charge in [0.05, 0.1) is 12.9 Å². The summed E-state index contributed by atoms with van der Waals surface area (Å²) in [5, 5.41) is 16.3. The molecule has 2 aliphatic carbocycles. The third kappa shape index (κ3) is 4.44. The van der Waals surface area contributed by atoms with Gasteiger partial charge in [0.2, 0.25) is 0 Å². The zero-order chi connectivity index (χ0) is 28.6. The highest BCUT2D eigenvalue weighted by molar-refractivity contribution is 7.91. The second-order valence-corrected chi connectivity index (χ2v) is 15.5. The lowest BCUT2D eigenvalue weighted by molar-refractivity contribution is -0.133. The molecule has 212 valence electrons. The molecule has 0 radical (unpaired) electrons. The van der Waals surface area contributed by atoms with Crippen LogP contribution in [0.5, 0.6) is 5.75 Å². The molecule has 2 aromatic rings. The van der Waals surface area contributed by atoms with Crippen molar-refractivity contribution in [2.75, 3.05) is 24.4 Å². The van der Waals surface area contributed by atoms with Gasteiger partial charge in [-0.2, -0.15) is 8.42 Å². The summed E-state index contributed by atoms with van der Waals surface area (Å²) in [5.74, 6) is -0.603. The third-order valence-electron chi connectivity index (χ3n) is 8.21. The van der Waals surface area contributed by atoms with Crippen LogP contribution in [-0.2, 0) is 37.6 Å². The molecule has 2 bridgehead atoms. The number of nitrogens with zero attached hydrogens (tertiary/aromatic N) is 2. The maximum atomic E-state index is 14.1. The summed E-state index contributed by atoms with van der Waals surface area (Å²) in [5.41, 5.74) is 2.07. The lowest BCUT2D eigenvalue weighted by Gasteiger charge is -2.42. The van der Waals surface area contributed by atoms with Gasteiger partial charge >= 0.3 is 0 Å². The summed E-state index contributed by atoms with van der Waals surface area (Å²) >= 11 is 1.10. The molecule has 3 heterocycles. The number of hydrogen-bond acceptors (Lipinski definition) is 9. The van der Waals surface area contributed by atoms with Crippen LogP contribution in [0.2, 0.25) is 0 Å². The summed E-state index contributed by atoms with van der Waals surface area (Å²) in [6, 6.07) is 5.39. The quantitative estimate of drug-likeness (QED) is 0.460. The van der Waals surface area contributed by atoms with Gasteiger partial charge < -0.3 is 20.1 Å². The molecule has 1 saturated carbocycles. The SMILES string of the molecule is COc1ccc(CN2C(=O)C(C3=NS(=O)(=O)c4c(CCS(C)(=O)=O)csc4N3)=C(O)C3C4C=CC(C4)C32)c(C)c1. The molecule has 2 aliphatic heterocycles. The first-order chi connectivity index (χ1) is 18.9. The largest absolute Gasteiger partial charge is 0.511 e. The number of sulfone groups is 1. The van der Waals surface area contributed by atoms with E-state index in [1.807, 2.05) is 25.1 Å². The molecule has 2 N–H and O–H groups in total. The number of carbonyl (C=O) groups is 1. The van der Waals surface area contributed by atoms with Crippen molar-refractivity contribution in [3.05, 3.63) is 63.8 Å². The van der Waals surface area contributed by atoms with Crippen molar-refractivity contribution in [1.82, 2.24) is 4.90 Å². The average molecular weight is 604 g/mol. The van der Waals surface area contributed by atoms with E-state index >= 15 is 0 Å². The Morgan fingerprint density at radius 1 is 1.23 bits per heavy atom. The minimum absolute atomic E-state index is 0.0253. The van der Waals surface area contributed by atoms with Crippen LogP contribution in [0.3, 0.4) is 0 Å². The van der Waals surface area contributed by atoms with Crippen LogP contribution in [0.25, 0.3) is 0 Å². The molecule has 1 aromatic carbocycles. The van der Waals surface area contributed by atoms with Crippen LogP contribution in [0.4, 0.5) is 5.00 Å². The molecule has 4 aliphatic rings. The molecular formula is C27H29N3O7S3. The minimum Gasteiger partial charge on any atom is -0.511 e. The number of nitrogens with one attached hydrogen (secondary N) is 1. The van der Waals surface area contributed by atoms with Gasteiger partial charge in [-0.25, -0.2) is 8.42 Å². The molecule has 10 nitrogen and oxygen atoms in total. The first kappa shape index (κ1) is 27.0. The Balaban J connectivity index is 1.39. The van der Waals surface area contributed by atoms with E-state index in [9.17, 15) is 26.7 Å². The van der Waals surface area contributed by atoms with E-state index in [4.69, 9.17) is 4.74 Å². The van der Waals surface area contributed by atoms with Crippen LogP contribution in [0.15, 0.2) is 56.4 Å². The minimum atomic E-state index is -4.27. The zero-order valence-electron chi connectivity index (χ0n) is 22.1. The van der Waals surface area contributed by atoms with E-state index in [2.05, 4.69) is 21.9 Å². The van der Waals surface area contributed by atoms with Gasteiger partial charge in [-0.05, 0) is 65.8 Å². The highest BCUT2D eigenvalue weighted by atomic mass is 32.2. The van der Waals surface area contributed by atoms with Crippen LogP contribution in [-0.4, -0.2) is 63.7 Å². The molecule has 13 heteroatoms. The fourth-order valence-electron chi connectivity index (χ4n) is 6.32. The molecule has 0 saturated heterocycles. The van der Waals surface area contributed by atoms with Gasteiger partial charge in [0.15, 0.2) is 5.84 Å². The number of benzene rings is 1. The topological polar surface area (TPSA) is 142 Å². The van der Waals surface area contributed by atoms with Crippen LogP contribution < -0.4 is 10.1 Å². The van der Waals surface area contributed by atoms with Crippen LogP contribution >= 0.6 is 11.3 Å². The summed E-state index contributed by atoms with van der Waals surface area (Å²) < 4.78 is 59.3. The number of hydrogen-bond donors (Lipinski definition) is 2. The number of thiophene rings is 1. The zero-order valence-corrected chi connectivity index (χ0v) is 24.6. The van der Waals surface area contributed by atoms with Crippen molar-refractivity contribution >= 4 is 47.9 Å². The Kier molecular flexibility index (Phi) is 6.39. The molecule has 1 fully saturated rings. The Hall–Kier alpha value is -3.16. The average Bonchev–Trinajstić information content (AvgIpc) is 3.61. The van der Waals surface area contributed by atoms with Crippen LogP contribution in [0, 0.1) is 24.7 Å². The van der Waals surface area contributed by atoms with Crippen LogP contribution in [0.1, 0.15) is 23.1 Å². The predicted octanol–water partition coefficient (Wildman–Crippen LogP) is 3.21. The highest BCUT2D eigenvalue weighted by Crippen LogP contribution is 2.52. The number of carbonyl (C=O) groups excluding carboxylic acids is 1. The lowest BCUT2D eigenvalue weighted by Crippen LogP contribution is -2.53. The van der Waals surface area contributed by atoms with E-state index in [-0.39, 0.29) is 69.6 Å². The summed E-state index contributed by atoms with van der Waals surface area (Å²) in [6.45, 7) is 2.22. The van der Waals surface area contributed by atoms with E-state index < -0.39 is 25.8 Å². The molecule has 1 amide bonds. The number of aryl methyl sites for hydroxylation is 2. The number of ether oxygens (including phenoxy) is 1. The highest BCUT2D eigenvalue weighted by Gasteiger charge is 2.55. The summed E-state index contributed by atoms with van der Waals surface area (Å²) in [7, 11) is -5.98. The Labute approximate surface area is 237 Å². The standard InChI is InChI=1S/C27H29N3O7S3/c1-14-10-19(37-2)7-6-17(14)12-30-22-16-5-4-15(11-16)20(22)23(31)21(27(30)32)25-28-26-24(40(35,36)29-25)18(13-38-26)8-9-39(3,33)34/h4-7,10,13,15-16,20,22,31H,8-9,11-12H2,1-3H3,(H,28,29). The third-order valence-corrected chi connectivity index (χ3v) is 11.6. The fourth-order valence-corrected chi connectivity index (χ4v) is 9.58. The Morgan fingerprint density at radius 3 is 2.67 bits per heavy atom. The number of aliphatic hydroxyl groups is 1. The van der Waals surface area contributed by atoms with Gasteiger partial charge in [0, 0.05) is 24.8 Å². The molecule has 40 heavy (non-hydrogen) atoms.